The van der Waals surface area contributed by atoms with Crippen LogP contribution >= 0.6 is 0 Å². The zero-order valence-corrected chi connectivity index (χ0v) is 12.0. The molecule has 1 aromatic rings. The van der Waals surface area contributed by atoms with E-state index >= 15 is 0 Å². The van der Waals surface area contributed by atoms with Crippen LogP contribution < -0.4 is 9.47 Å². The Morgan fingerprint density at radius 3 is 2.39 bits per heavy atom. The molecule has 1 atom stereocenters. The van der Waals surface area contributed by atoms with E-state index in [1.165, 1.54) is 0 Å². The van der Waals surface area contributed by atoms with Gasteiger partial charge < -0.3 is 18.8 Å². The fourth-order valence-electron chi connectivity index (χ4n) is 1.19. The molecule has 5 nitrogen and oxygen atoms in total. The second-order valence-corrected chi connectivity index (χ2v) is 3.84. The zero-order valence-electron chi connectivity index (χ0n) is 11.1. The van der Waals surface area contributed by atoms with Crippen molar-refractivity contribution in [1.29, 1.82) is 0 Å². The molecule has 0 saturated carbocycles. The molecular formula is C12H20O5S. The van der Waals surface area contributed by atoms with E-state index < -0.39 is 11.1 Å². The van der Waals surface area contributed by atoms with Crippen molar-refractivity contribution in [2.75, 3.05) is 20.2 Å². The van der Waals surface area contributed by atoms with Gasteiger partial charge in [-0.3, -0.25) is 0 Å². The van der Waals surface area contributed by atoms with Crippen molar-refractivity contribution in [3.8, 4) is 11.5 Å². The average Bonchev–Trinajstić information content (AvgIpc) is 2.41. The van der Waals surface area contributed by atoms with Crippen LogP contribution in [0.15, 0.2) is 18.2 Å². The molecule has 0 heterocycles. The largest absolute Gasteiger partial charge is 0.497 e. The normalized spacial score (nSPS) is 11.2. The first kappa shape index (κ1) is 16.9. The molecule has 0 aliphatic rings. The minimum Gasteiger partial charge on any atom is -0.497 e. The molecule has 1 N–H and O–H groups in total. The van der Waals surface area contributed by atoms with Crippen molar-refractivity contribution in [3.63, 3.8) is 0 Å². The van der Waals surface area contributed by atoms with Crippen LogP contribution in [0.5, 0.6) is 11.5 Å². The Kier molecular flexibility index (Phi) is 9.26. The highest BCUT2D eigenvalue weighted by atomic mass is 32.2. The van der Waals surface area contributed by atoms with Gasteiger partial charge in [-0.15, -0.1) is 0 Å². The Balaban J connectivity index is 0.00000137. The standard InChI is InChI=1S/C10H14O5S.C2H6/c1-13-9-4-3-8(10(5-9)14-2)6-15-7-16(11)12;1-2/h3-5H,6-7H2,1-2H3,(H,11,12);1-2H3. The monoisotopic (exact) mass is 276 g/mol. The lowest BCUT2D eigenvalue weighted by Crippen LogP contribution is -2.02. The van der Waals surface area contributed by atoms with Gasteiger partial charge in [0.25, 0.3) is 0 Å². The molecule has 0 saturated heterocycles. The summed E-state index contributed by atoms with van der Waals surface area (Å²) in [7, 11) is 3.11. The predicted molar refractivity (Wildman–Crippen MR) is 71.3 cm³/mol. The van der Waals surface area contributed by atoms with E-state index in [0.717, 1.165) is 5.56 Å². The van der Waals surface area contributed by atoms with Gasteiger partial charge in [0.05, 0.1) is 20.8 Å². The van der Waals surface area contributed by atoms with E-state index in [9.17, 15) is 4.21 Å². The molecule has 0 bridgehead atoms. The summed E-state index contributed by atoms with van der Waals surface area (Å²) >= 11 is -1.94. The number of methoxy groups -OCH3 is 2. The molecule has 0 fully saturated rings. The van der Waals surface area contributed by atoms with Crippen molar-refractivity contribution in [2.45, 2.75) is 20.5 Å². The lowest BCUT2D eigenvalue weighted by Gasteiger charge is -2.10. The van der Waals surface area contributed by atoms with Crippen LogP contribution in [-0.2, 0) is 22.4 Å². The first-order chi connectivity index (χ1) is 8.67. The van der Waals surface area contributed by atoms with Crippen LogP contribution in [0.1, 0.15) is 19.4 Å². The van der Waals surface area contributed by atoms with Gasteiger partial charge in [-0.1, -0.05) is 13.8 Å². The number of hydrogen-bond donors (Lipinski definition) is 1. The molecule has 0 aliphatic carbocycles. The molecular weight excluding hydrogens is 256 g/mol. The summed E-state index contributed by atoms with van der Waals surface area (Å²) in [4.78, 5) is 0. The highest BCUT2D eigenvalue weighted by Crippen LogP contribution is 2.24. The maximum Gasteiger partial charge on any atom is 0.179 e. The molecule has 0 spiro atoms. The summed E-state index contributed by atoms with van der Waals surface area (Å²) in [6, 6.07) is 5.30. The van der Waals surface area contributed by atoms with Crippen LogP contribution in [0.3, 0.4) is 0 Å². The van der Waals surface area contributed by atoms with Gasteiger partial charge in [-0.05, 0) is 12.1 Å². The van der Waals surface area contributed by atoms with E-state index in [-0.39, 0.29) is 12.5 Å². The SMILES string of the molecule is CC.COc1ccc(COCS(=O)O)c(OC)c1. The van der Waals surface area contributed by atoms with Gasteiger partial charge in [0.1, 0.15) is 17.4 Å². The van der Waals surface area contributed by atoms with E-state index in [4.69, 9.17) is 18.8 Å². The number of hydrogen-bond acceptors (Lipinski definition) is 4. The Bertz CT molecular complexity index is 367. The van der Waals surface area contributed by atoms with Gasteiger partial charge in [0, 0.05) is 11.6 Å². The van der Waals surface area contributed by atoms with Gasteiger partial charge in [-0.2, -0.15) is 0 Å². The van der Waals surface area contributed by atoms with E-state index in [1.807, 2.05) is 13.8 Å². The Morgan fingerprint density at radius 2 is 1.89 bits per heavy atom. The molecule has 0 radical (unpaired) electrons. The quantitative estimate of drug-likeness (QED) is 0.808. The van der Waals surface area contributed by atoms with Crippen LogP contribution in [0.2, 0.25) is 0 Å². The van der Waals surface area contributed by atoms with Crippen molar-refractivity contribution < 1.29 is 23.0 Å². The number of rotatable bonds is 6. The Morgan fingerprint density at radius 1 is 1.22 bits per heavy atom. The molecule has 0 amide bonds. The summed E-state index contributed by atoms with van der Waals surface area (Å²) in [5.74, 6) is 1.10. The molecule has 0 aromatic heterocycles. The lowest BCUT2D eigenvalue weighted by atomic mass is 10.2. The summed E-state index contributed by atoms with van der Waals surface area (Å²) in [6.45, 7) is 4.22. The zero-order chi connectivity index (χ0) is 14.0. The summed E-state index contributed by atoms with van der Waals surface area (Å²) in [5.41, 5.74) is 0.800. The van der Waals surface area contributed by atoms with Gasteiger partial charge in [0.15, 0.2) is 11.1 Å². The third-order valence-electron chi connectivity index (χ3n) is 1.94. The fraction of sp³-hybridized carbons (Fsp3) is 0.500. The first-order valence-corrected chi connectivity index (χ1v) is 6.81. The molecule has 1 rings (SSSR count). The summed E-state index contributed by atoms with van der Waals surface area (Å²) in [6.07, 6.45) is 0. The Labute approximate surface area is 110 Å². The third-order valence-corrected chi connectivity index (χ3v) is 2.30. The topological polar surface area (TPSA) is 65.0 Å². The van der Waals surface area contributed by atoms with E-state index in [1.54, 1.807) is 32.4 Å². The van der Waals surface area contributed by atoms with Crippen molar-refractivity contribution in [1.82, 2.24) is 0 Å². The summed E-state index contributed by atoms with van der Waals surface area (Å²) in [5, 5.41) is 0. The minimum absolute atomic E-state index is 0.213. The third kappa shape index (κ3) is 6.00. The van der Waals surface area contributed by atoms with Gasteiger partial charge >= 0.3 is 0 Å². The van der Waals surface area contributed by atoms with Gasteiger partial charge in [-0.25, -0.2) is 4.21 Å². The van der Waals surface area contributed by atoms with Crippen LogP contribution in [0, 0.1) is 0 Å². The smallest absolute Gasteiger partial charge is 0.179 e. The fourth-order valence-corrected chi connectivity index (χ4v) is 1.42. The van der Waals surface area contributed by atoms with Crippen LogP contribution in [0.25, 0.3) is 0 Å². The molecule has 1 unspecified atom stereocenters. The lowest BCUT2D eigenvalue weighted by molar-refractivity contribution is 0.159. The molecule has 6 heteroatoms. The highest BCUT2D eigenvalue weighted by Gasteiger charge is 2.05. The molecule has 104 valence electrons. The maximum atomic E-state index is 10.4. The van der Waals surface area contributed by atoms with E-state index in [2.05, 4.69) is 0 Å². The van der Waals surface area contributed by atoms with Crippen LogP contribution in [-0.4, -0.2) is 28.9 Å². The highest BCUT2D eigenvalue weighted by molar-refractivity contribution is 7.79. The second kappa shape index (κ2) is 9.87. The number of benzene rings is 1. The van der Waals surface area contributed by atoms with Crippen molar-refractivity contribution in [3.05, 3.63) is 23.8 Å². The predicted octanol–water partition coefficient (Wildman–Crippen LogP) is 2.43. The van der Waals surface area contributed by atoms with Crippen LogP contribution in [0.4, 0.5) is 0 Å². The maximum absolute atomic E-state index is 10.4. The van der Waals surface area contributed by atoms with Gasteiger partial charge in [0.2, 0.25) is 0 Å². The van der Waals surface area contributed by atoms with E-state index in [0.29, 0.717) is 11.5 Å². The first-order valence-electron chi connectivity index (χ1n) is 5.53. The second-order valence-electron chi connectivity index (χ2n) is 2.97. The Hall–Kier alpha value is -1.11. The molecule has 1 aromatic carbocycles. The summed E-state index contributed by atoms with van der Waals surface area (Å²) < 4.78 is 34.1. The van der Waals surface area contributed by atoms with Crippen molar-refractivity contribution in [2.24, 2.45) is 0 Å². The van der Waals surface area contributed by atoms with Crippen molar-refractivity contribution >= 4 is 11.1 Å². The average molecular weight is 276 g/mol. The number of ether oxygens (including phenoxy) is 3. The molecule has 0 aliphatic heterocycles. The minimum atomic E-state index is -1.94. The molecule has 18 heavy (non-hydrogen) atoms.